The Balaban J connectivity index is 2.43. The molecule has 0 radical (unpaired) electrons. The van der Waals surface area contributed by atoms with Gasteiger partial charge in [0.15, 0.2) is 0 Å². The summed E-state index contributed by atoms with van der Waals surface area (Å²) in [6, 6.07) is 21.5. The largest absolute Gasteiger partial charge is 0.0704 e. The molecule has 0 aliphatic rings. The zero-order valence-corrected chi connectivity index (χ0v) is 12.8. The number of allylic oxidation sites excluding steroid dienone is 2. The summed E-state index contributed by atoms with van der Waals surface area (Å²) < 4.78 is 0. The molecule has 0 bridgehead atoms. The highest BCUT2D eigenvalue weighted by molar-refractivity contribution is 5.67. The summed E-state index contributed by atoms with van der Waals surface area (Å²) in [5.41, 5.74) is 4.26. The Morgan fingerprint density at radius 2 is 1.45 bits per heavy atom. The average Bonchev–Trinajstić information content (AvgIpc) is 2.54. The number of hydrogen-bond donors (Lipinski definition) is 0. The van der Waals surface area contributed by atoms with Gasteiger partial charge in [-0.15, -0.1) is 0 Å². The van der Waals surface area contributed by atoms with Crippen LogP contribution in [0, 0.1) is 0 Å². The molecular weight excluding hydrogens is 240 g/mol. The Hall–Kier alpha value is -1.82. The van der Waals surface area contributed by atoms with Crippen molar-refractivity contribution >= 4 is 5.57 Å². The Morgan fingerprint density at radius 1 is 0.900 bits per heavy atom. The second-order valence-corrected chi connectivity index (χ2v) is 5.53. The lowest BCUT2D eigenvalue weighted by atomic mass is 9.77. The molecule has 0 aliphatic heterocycles. The maximum absolute atomic E-state index is 2.46. The molecule has 0 N–H and O–H groups in total. The topological polar surface area (TPSA) is 0 Å². The molecule has 0 amide bonds. The normalized spacial score (nSPS) is 14.8. The van der Waals surface area contributed by atoms with Crippen molar-refractivity contribution in [2.24, 2.45) is 0 Å². The minimum atomic E-state index is 0.0996. The molecule has 20 heavy (non-hydrogen) atoms. The van der Waals surface area contributed by atoms with E-state index in [2.05, 4.69) is 87.5 Å². The van der Waals surface area contributed by atoms with Gasteiger partial charge < -0.3 is 0 Å². The third kappa shape index (κ3) is 3.19. The second-order valence-electron chi connectivity index (χ2n) is 5.53. The van der Waals surface area contributed by atoms with E-state index in [1.807, 2.05) is 0 Å². The van der Waals surface area contributed by atoms with Crippen LogP contribution in [0.4, 0.5) is 0 Å². The summed E-state index contributed by atoms with van der Waals surface area (Å²) in [4.78, 5) is 0. The van der Waals surface area contributed by atoms with Crippen molar-refractivity contribution in [2.45, 2.75) is 39.0 Å². The summed E-state index contributed by atoms with van der Waals surface area (Å²) >= 11 is 0. The first kappa shape index (κ1) is 14.6. The van der Waals surface area contributed by atoms with E-state index in [-0.39, 0.29) is 5.41 Å². The number of benzene rings is 2. The van der Waals surface area contributed by atoms with E-state index in [9.17, 15) is 0 Å². The summed E-state index contributed by atoms with van der Waals surface area (Å²) in [6.07, 6.45) is 4.62. The first-order valence-corrected chi connectivity index (χ1v) is 7.52. The van der Waals surface area contributed by atoms with Gasteiger partial charge in [-0.25, -0.2) is 0 Å². The van der Waals surface area contributed by atoms with Gasteiger partial charge in [0.05, 0.1) is 0 Å². The van der Waals surface area contributed by atoms with Gasteiger partial charge in [0.25, 0.3) is 0 Å². The van der Waals surface area contributed by atoms with E-state index < -0.39 is 0 Å². The van der Waals surface area contributed by atoms with Gasteiger partial charge >= 0.3 is 0 Å². The van der Waals surface area contributed by atoms with Crippen LogP contribution in [0.1, 0.15) is 44.7 Å². The molecule has 1 unspecified atom stereocenters. The van der Waals surface area contributed by atoms with Crippen LogP contribution >= 0.6 is 0 Å². The van der Waals surface area contributed by atoms with E-state index in [1.165, 1.54) is 16.7 Å². The molecule has 0 fully saturated rings. The van der Waals surface area contributed by atoms with Gasteiger partial charge in [0, 0.05) is 5.41 Å². The SMILES string of the molecule is CC/C(=C/C(C)(CC)c1ccccc1)c1ccccc1. The van der Waals surface area contributed by atoms with E-state index in [4.69, 9.17) is 0 Å². The highest BCUT2D eigenvalue weighted by Gasteiger charge is 2.22. The zero-order chi connectivity index (χ0) is 14.4. The fraction of sp³-hybridized carbons (Fsp3) is 0.300. The Bertz CT molecular complexity index is 551. The highest BCUT2D eigenvalue weighted by Crippen LogP contribution is 2.33. The minimum absolute atomic E-state index is 0.0996. The van der Waals surface area contributed by atoms with E-state index in [0.29, 0.717) is 0 Å². The Morgan fingerprint density at radius 3 is 1.95 bits per heavy atom. The van der Waals surface area contributed by atoms with E-state index in [0.717, 1.165) is 12.8 Å². The molecule has 2 aromatic carbocycles. The standard InChI is InChI=1S/C20H24/c1-4-17(18-12-8-6-9-13-18)16-20(3,5-2)19-14-10-7-11-15-19/h6-16H,4-5H2,1-3H3/b17-16-. The lowest BCUT2D eigenvalue weighted by molar-refractivity contribution is 0.572. The van der Waals surface area contributed by atoms with Crippen LogP contribution in [-0.2, 0) is 5.41 Å². The molecule has 0 nitrogen and oxygen atoms in total. The Labute approximate surface area is 123 Å². The van der Waals surface area contributed by atoms with Crippen LogP contribution in [-0.4, -0.2) is 0 Å². The molecule has 2 rings (SSSR count). The number of hydrogen-bond acceptors (Lipinski definition) is 0. The summed E-state index contributed by atoms with van der Waals surface area (Å²) in [6.45, 7) is 6.84. The highest BCUT2D eigenvalue weighted by atomic mass is 14.3. The van der Waals surface area contributed by atoms with E-state index >= 15 is 0 Å². The van der Waals surface area contributed by atoms with Crippen molar-refractivity contribution in [3.8, 4) is 0 Å². The minimum Gasteiger partial charge on any atom is -0.0704 e. The molecule has 0 spiro atoms. The predicted molar refractivity (Wildman–Crippen MR) is 88.8 cm³/mol. The first-order valence-electron chi connectivity index (χ1n) is 7.52. The quantitative estimate of drug-likeness (QED) is 0.635. The van der Waals surface area contributed by atoms with Crippen molar-refractivity contribution in [1.82, 2.24) is 0 Å². The summed E-state index contributed by atoms with van der Waals surface area (Å²) in [5.74, 6) is 0. The van der Waals surface area contributed by atoms with Crippen LogP contribution < -0.4 is 0 Å². The van der Waals surface area contributed by atoms with Crippen molar-refractivity contribution in [1.29, 1.82) is 0 Å². The van der Waals surface area contributed by atoms with Crippen LogP contribution in [0.2, 0.25) is 0 Å². The monoisotopic (exact) mass is 264 g/mol. The zero-order valence-electron chi connectivity index (χ0n) is 12.8. The maximum atomic E-state index is 2.46. The number of rotatable bonds is 5. The molecule has 0 saturated heterocycles. The molecule has 0 saturated carbocycles. The third-order valence-corrected chi connectivity index (χ3v) is 4.19. The average molecular weight is 264 g/mol. The molecule has 1 atom stereocenters. The maximum Gasteiger partial charge on any atom is 0.0107 e. The van der Waals surface area contributed by atoms with Gasteiger partial charge in [-0.3, -0.25) is 0 Å². The summed E-state index contributed by atoms with van der Waals surface area (Å²) in [5, 5.41) is 0. The lowest BCUT2D eigenvalue weighted by Crippen LogP contribution is -2.18. The Kier molecular flexibility index (Phi) is 4.79. The van der Waals surface area contributed by atoms with Crippen LogP contribution in [0.3, 0.4) is 0 Å². The molecule has 0 aromatic heterocycles. The fourth-order valence-electron chi connectivity index (χ4n) is 2.63. The van der Waals surface area contributed by atoms with Crippen molar-refractivity contribution < 1.29 is 0 Å². The molecule has 2 aromatic rings. The predicted octanol–water partition coefficient (Wildman–Crippen LogP) is 5.85. The lowest BCUT2D eigenvalue weighted by Gasteiger charge is -2.27. The molecule has 0 heteroatoms. The summed E-state index contributed by atoms with van der Waals surface area (Å²) in [7, 11) is 0. The second kappa shape index (κ2) is 6.56. The van der Waals surface area contributed by atoms with Crippen LogP contribution in [0.25, 0.3) is 5.57 Å². The van der Waals surface area contributed by atoms with Crippen LogP contribution in [0.5, 0.6) is 0 Å². The van der Waals surface area contributed by atoms with Gasteiger partial charge in [0.1, 0.15) is 0 Å². The first-order chi connectivity index (χ1) is 9.69. The van der Waals surface area contributed by atoms with Gasteiger partial charge in [-0.2, -0.15) is 0 Å². The molecular formula is C20H24. The van der Waals surface area contributed by atoms with Gasteiger partial charge in [-0.1, -0.05) is 87.5 Å². The van der Waals surface area contributed by atoms with Crippen molar-refractivity contribution in [3.05, 3.63) is 77.9 Å². The van der Waals surface area contributed by atoms with Crippen molar-refractivity contribution in [2.75, 3.05) is 0 Å². The fourth-order valence-corrected chi connectivity index (χ4v) is 2.63. The van der Waals surface area contributed by atoms with Gasteiger partial charge in [0.2, 0.25) is 0 Å². The van der Waals surface area contributed by atoms with Gasteiger partial charge in [-0.05, 0) is 29.5 Å². The molecule has 0 aliphatic carbocycles. The van der Waals surface area contributed by atoms with Crippen LogP contribution in [0.15, 0.2) is 66.7 Å². The van der Waals surface area contributed by atoms with E-state index in [1.54, 1.807) is 0 Å². The molecule has 104 valence electrons. The molecule has 0 heterocycles. The smallest absolute Gasteiger partial charge is 0.0107 e. The third-order valence-electron chi connectivity index (χ3n) is 4.19. The van der Waals surface area contributed by atoms with Crippen molar-refractivity contribution in [3.63, 3.8) is 0 Å².